The highest BCUT2D eigenvalue weighted by atomic mass is 16.3. The Kier molecular flexibility index (Phi) is 2.30. The van der Waals surface area contributed by atoms with E-state index in [2.05, 4.69) is 36.1 Å². The molecule has 1 N–H and O–H groups in total. The fraction of sp³-hybridized carbons (Fsp3) is 0.571. The molecule has 2 aliphatic rings. The molecule has 16 heavy (non-hydrogen) atoms. The van der Waals surface area contributed by atoms with Crippen molar-refractivity contribution in [3.05, 3.63) is 35.9 Å². The van der Waals surface area contributed by atoms with Gasteiger partial charge in [0, 0.05) is 5.54 Å². The lowest BCUT2D eigenvalue weighted by atomic mass is 9.95. The second kappa shape index (κ2) is 3.57. The standard InChI is InChI=1S/C14H19NO/c1-14-8-5-9-15(14)13(12(16)10-14)11-6-3-2-4-7-11/h2-4,6-7,12-13,16H,5,8-10H2,1H3. The predicted molar refractivity (Wildman–Crippen MR) is 64.2 cm³/mol. The van der Waals surface area contributed by atoms with E-state index >= 15 is 0 Å². The second-order valence-electron chi connectivity index (χ2n) is 5.42. The van der Waals surface area contributed by atoms with Crippen molar-refractivity contribution in [2.75, 3.05) is 6.54 Å². The maximum Gasteiger partial charge on any atom is 0.0754 e. The van der Waals surface area contributed by atoms with Crippen LogP contribution < -0.4 is 0 Å². The summed E-state index contributed by atoms with van der Waals surface area (Å²) < 4.78 is 0. The van der Waals surface area contributed by atoms with Crippen LogP contribution in [0.25, 0.3) is 0 Å². The number of fused-ring (bicyclic) bond motifs is 1. The summed E-state index contributed by atoms with van der Waals surface area (Å²) in [6, 6.07) is 10.7. The minimum absolute atomic E-state index is 0.201. The van der Waals surface area contributed by atoms with Crippen molar-refractivity contribution >= 4 is 0 Å². The molecule has 2 saturated heterocycles. The molecule has 3 atom stereocenters. The van der Waals surface area contributed by atoms with Gasteiger partial charge in [0.2, 0.25) is 0 Å². The van der Waals surface area contributed by atoms with Crippen molar-refractivity contribution in [1.82, 2.24) is 4.90 Å². The number of hydrogen-bond donors (Lipinski definition) is 1. The molecule has 0 aromatic heterocycles. The van der Waals surface area contributed by atoms with Crippen molar-refractivity contribution in [3.63, 3.8) is 0 Å². The summed E-state index contributed by atoms with van der Waals surface area (Å²) in [5.41, 5.74) is 1.50. The number of rotatable bonds is 1. The van der Waals surface area contributed by atoms with Crippen molar-refractivity contribution in [3.8, 4) is 0 Å². The van der Waals surface area contributed by atoms with Crippen molar-refractivity contribution in [2.24, 2.45) is 0 Å². The zero-order valence-electron chi connectivity index (χ0n) is 9.76. The highest BCUT2D eigenvalue weighted by Gasteiger charge is 2.50. The van der Waals surface area contributed by atoms with Crippen LogP contribution in [0.2, 0.25) is 0 Å². The molecule has 2 heterocycles. The average molecular weight is 217 g/mol. The zero-order chi connectivity index (χ0) is 11.2. The van der Waals surface area contributed by atoms with E-state index in [1.54, 1.807) is 0 Å². The molecule has 2 nitrogen and oxygen atoms in total. The minimum Gasteiger partial charge on any atom is -0.391 e. The van der Waals surface area contributed by atoms with E-state index in [0.29, 0.717) is 0 Å². The summed E-state index contributed by atoms with van der Waals surface area (Å²) in [5.74, 6) is 0. The largest absolute Gasteiger partial charge is 0.391 e. The second-order valence-corrected chi connectivity index (χ2v) is 5.42. The van der Waals surface area contributed by atoms with Gasteiger partial charge in [-0.2, -0.15) is 0 Å². The summed E-state index contributed by atoms with van der Waals surface area (Å²) in [6.07, 6.45) is 3.22. The molecule has 3 rings (SSSR count). The highest BCUT2D eigenvalue weighted by molar-refractivity contribution is 5.24. The molecule has 3 unspecified atom stereocenters. The van der Waals surface area contributed by atoms with E-state index in [9.17, 15) is 5.11 Å². The molecule has 2 fully saturated rings. The lowest BCUT2D eigenvalue weighted by Crippen LogP contribution is -2.36. The zero-order valence-corrected chi connectivity index (χ0v) is 9.76. The number of hydrogen-bond acceptors (Lipinski definition) is 2. The molecule has 2 aliphatic heterocycles. The minimum atomic E-state index is -0.201. The molecular formula is C14H19NO. The Morgan fingerprint density at radius 2 is 2.06 bits per heavy atom. The fourth-order valence-electron chi connectivity index (χ4n) is 3.56. The van der Waals surface area contributed by atoms with Gasteiger partial charge in [0.15, 0.2) is 0 Å². The first-order valence-corrected chi connectivity index (χ1v) is 6.20. The molecule has 1 aromatic rings. The normalized spacial score (nSPS) is 38.9. The first-order chi connectivity index (χ1) is 7.71. The van der Waals surface area contributed by atoms with Crippen LogP contribution in [0.4, 0.5) is 0 Å². The van der Waals surface area contributed by atoms with E-state index in [-0.39, 0.29) is 17.7 Å². The number of aliphatic hydroxyl groups excluding tert-OH is 1. The van der Waals surface area contributed by atoms with Crippen LogP contribution in [-0.2, 0) is 0 Å². The molecule has 0 spiro atoms. The van der Waals surface area contributed by atoms with E-state index in [4.69, 9.17) is 0 Å². The number of benzene rings is 1. The molecular weight excluding hydrogens is 198 g/mol. The Hall–Kier alpha value is -0.860. The third-order valence-corrected chi connectivity index (χ3v) is 4.30. The van der Waals surface area contributed by atoms with E-state index in [0.717, 1.165) is 13.0 Å². The van der Waals surface area contributed by atoms with Gasteiger partial charge in [-0.15, -0.1) is 0 Å². The molecule has 0 amide bonds. The van der Waals surface area contributed by atoms with Gasteiger partial charge in [-0.3, -0.25) is 4.90 Å². The molecule has 2 heteroatoms. The van der Waals surface area contributed by atoms with E-state index in [1.807, 2.05) is 6.07 Å². The monoisotopic (exact) mass is 217 g/mol. The molecule has 0 radical (unpaired) electrons. The summed E-state index contributed by atoms with van der Waals surface area (Å²) in [5, 5.41) is 10.3. The molecule has 0 aliphatic carbocycles. The summed E-state index contributed by atoms with van der Waals surface area (Å²) in [6.45, 7) is 3.43. The van der Waals surface area contributed by atoms with Crippen LogP contribution >= 0.6 is 0 Å². The first kappa shape index (κ1) is 10.3. The third-order valence-electron chi connectivity index (χ3n) is 4.30. The Morgan fingerprint density at radius 1 is 1.31 bits per heavy atom. The van der Waals surface area contributed by atoms with Crippen LogP contribution in [0.15, 0.2) is 30.3 Å². The van der Waals surface area contributed by atoms with Gasteiger partial charge in [-0.25, -0.2) is 0 Å². The molecule has 0 bridgehead atoms. The van der Waals surface area contributed by atoms with Crippen LogP contribution in [0.5, 0.6) is 0 Å². The predicted octanol–water partition coefficient (Wildman–Crippen LogP) is 2.35. The number of aliphatic hydroxyl groups is 1. The quantitative estimate of drug-likeness (QED) is 0.780. The van der Waals surface area contributed by atoms with Gasteiger partial charge in [0.25, 0.3) is 0 Å². The highest BCUT2D eigenvalue weighted by Crippen LogP contribution is 2.48. The van der Waals surface area contributed by atoms with Crippen LogP contribution in [0.3, 0.4) is 0 Å². The van der Waals surface area contributed by atoms with Crippen LogP contribution in [0, 0.1) is 0 Å². The summed E-state index contributed by atoms with van der Waals surface area (Å²) >= 11 is 0. The van der Waals surface area contributed by atoms with Crippen molar-refractivity contribution in [1.29, 1.82) is 0 Å². The van der Waals surface area contributed by atoms with Gasteiger partial charge in [-0.05, 0) is 38.3 Å². The lowest BCUT2D eigenvalue weighted by Gasteiger charge is -2.31. The van der Waals surface area contributed by atoms with Gasteiger partial charge >= 0.3 is 0 Å². The summed E-state index contributed by atoms with van der Waals surface area (Å²) in [4.78, 5) is 2.51. The van der Waals surface area contributed by atoms with Crippen molar-refractivity contribution in [2.45, 2.75) is 43.9 Å². The maximum absolute atomic E-state index is 10.3. The van der Waals surface area contributed by atoms with Crippen LogP contribution in [-0.4, -0.2) is 28.2 Å². The smallest absolute Gasteiger partial charge is 0.0754 e. The Morgan fingerprint density at radius 3 is 2.81 bits per heavy atom. The van der Waals surface area contributed by atoms with Gasteiger partial charge in [-0.1, -0.05) is 30.3 Å². The fourth-order valence-corrected chi connectivity index (χ4v) is 3.56. The first-order valence-electron chi connectivity index (χ1n) is 6.20. The molecule has 1 aromatic carbocycles. The van der Waals surface area contributed by atoms with E-state index < -0.39 is 0 Å². The SMILES string of the molecule is CC12CCCN1C(c1ccccc1)C(O)C2. The van der Waals surface area contributed by atoms with Crippen LogP contribution in [0.1, 0.15) is 37.8 Å². The summed E-state index contributed by atoms with van der Waals surface area (Å²) in [7, 11) is 0. The van der Waals surface area contributed by atoms with Crippen molar-refractivity contribution < 1.29 is 5.11 Å². The Labute approximate surface area is 96.9 Å². The lowest BCUT2D eigenvalue weighted by molar-refractivity contribution is 0.111. The van der Waals surface area contributed by atoms with Gasteiger partial charge in [0.05, 0.1) is 12.1 Å². The van der Waals surface area contributed by atoms with E-state index in [1.165, 1.54) is 18.4 Å². The Bertz CT molecular complexity index is 378. The molecule has 0 saturated carbocycles. The van der Waals surface area contributed by atoms with Gasteiger partial charge in [0.1, 0.15) is 0 Å². The van der Waals surface area contributed by atoms with Gasteiger partial charge < -0.3 is 5.11 Å². The Balaban J connectivity index is 1.96. The average Bonchev–Trinajstić information content (AvgIpc) is 2.72. The molecule has 86 valence electrons. The third kappa shape index (κ3) is 1.40. The topological polar surface area (TPSA) is 23.5 Å². The maximum atomic E-state index is 10.3. The number of nitrogens with zero attached hydrogens (tertiary/aromatic N) is 1.